The summed E-state index contributed by atoms with van der Waals surface area (Å²) >= 11 is 0. The van der Waals surface area contributed by atoms with Crippen molar-refractivity contribution in [2.24, 2.45) is 5.92 Å². The second kappa shape index (κ2) is 9.59. The van der Waals surface area contributed by atoms with Crippen molar-refractivity contribution in [3.8, 4) is 16.9 Å². The van der Waals surface area contributed by atoms with Gasteiger partial charge in [-0.2, -0.15) is 4.72 Å². The minimum Gasteiger partial charge on any atom is -0.497 e. The second-order valence-electron chi connectivity index (χ2n) is 7.60. The number of sulfonamides is 1. The summed E-state index contributed by atoms with van der Waals surface area (Å²) in [5.74, 6) is -0.651. The van der Waals surface area contributed by atoms with Gasteiger partial charge < -0.3 is 15.2 Å². The summed E-state index contributed by atoms with van der Waals surface area (Å²) < 4.78 is 33.3. The molecule has 30 heavy (non-hydrogen) atoms. The highest BCUT2D eigenvalue weighted by Crippen LogP contribution is 2.29. The molecule has 0 saturated heterocycles. The first-order chi connectivity index (χ1) is 14.3. The topological polar surface area (TPSA) is 105 Å². The number of ether oxygens (including phenoxy) is 1. The van der Waals surface area contributed by atoms with E-state index in [1.54, 1.807) is 19.2 Å². The molecule has 0 aliphatic heterocycles. The molecule has 0 spiro atoms. The zero-order valence-electron chi connectivity index (χ0n) is 17.2. The number of carboxylic acids is 1. The number of aliphatic carboxylic acids is 1. The lowest BCUT2D eigenvalue weighted by atomic mass is 9.81. The van der Waals surface area contributed by atoms with Gasteiger partial charge in [-0.1, -0.05) is 30.7 Å². The molecule has 3 atom stereocenters. The molecule has 2 aromatic rings. The van der Waals surface area contributed by atoms with Crippen LogP contribution in [0, 0.1) is 5.92 Å². The quantitative estimate of drug-likeness (QED) is 0.593. The molecule has 7 nitrogen and oxygen atoms in total. The van der Waals surface area contributed by atoms with Crippen LogP contribution in [0.15, 0.2) is 53.4 Å². The lowest BCUT2D eigenvalue weighted by Crippen LogP contribution is -2.48. The molecule has 3 rings (SSSR count). The standard InChI is InChI=1S/C22H28N2O5S/c1-23-18-5-3-4-17(14-18)21(22(25)26)24-30(27,28)20-12-8-16(9-13-20)15-6-10-19(29-2)11-7-15/h6-13,17-18,21,23-24H,3-5,14H2,1-2H3,(H,25,26). The number of carbonyl (C=O) groups is 1. The molecule has 0 bridgehead atoms. The molecule has 0 heterocycles. The van der Waals surface area contributed by atoms with E-state index in [0.717, 1.165) is 29.7 Å². The zero-order valence-corrected chi connectivity index (χ0v) is 18.0. The lowest BCUT2D eigenvalue weighted by Gasteiger charge is -2.32. The van der Waals surface area contributed by atoms with E-state index in [2.05, 4.69) is 10.0 Å². The predicted molar refractivity (Wildman–Crippen MR) is 115 cm³/mol. The van der Waals surface area contributed by atoms with Crippen molar-refractivity contribution in [3.05, 3.63) is 48.5 Å². The number of rotatable bonds is 8. The van der Waals surface area contributed by atoms with E-state index < -0.39 is 22.0 Å². The highest BCUT2D eigenvalue weighted by atomic mass is 32.2. The summed E-state index contributed by atoms with van der Waals surface area (Å²) in [6.45, 7) is 0. The van der Waals surface area contributed by atoms with Crippen LogP contribution in [0.3, 0.4) is 0 Å². The van der Waals surface area contributed by atoms with Gasteiger partial charge in [0.25, 0.3) is 0 Å². The molecule has 8 heteroatoms. The molecular weight excluding hydrogens is 404 g/mol. The van der Waals surface area contributed by atoms with Crippen molar-refractivity contribution in [1.29, 1.82) is 0 Å². The van der Waals surface area contributed by atoms with Crippen LogP contribution in [0.1, 0.15) is 25.7 Å². The third-order valence-electron chi connectivity index (χ3n) is 5.73. The van der Waals surface area contributed by atoms with Crippen molar-refractivity contribution in [2.75, 3.05) is 14.2 Å². The summed E-state index contributed by atoms with van der Waals surface area (Å²) in [7, 11) is -0.519. The van der Waals surface area contributed by atoms with E-state index in [1.165, 1.54) is 12.1 Å². The molecule has 3 N–H and O–H groups in total. The number of methoxy groups -OCH3 is 1. The fourth-order valence-electron chi connectivity index (χ4n) is 3.99. The van der Waals surface area contributed by atoms with Crippen molar-refractivity contribution < 1.29 is 23.1 Å². The monoisotopic (exact) mass is 432 g/mol. The van der Waals surface area contributed by atoms with E-state index >= 15 is 0 Å². The third-order valence-corrected chi connectivity index (χ3v) is 7.19. The first-order valence-corrected chi connectivity index (χ1v) is 11.5. The molecule has 1 aliphatic carbocycles. The number of hydrogen-bond acceptors (Lipinski definition) is 5. The van der Waals surface area contributed by atoms with Crippen LogP contribution in [0.25, 0.3) is 11.1 Å². The fraction of sp³-hybridized carbons (Fsp3) is 0.409. The Morgan fingerprint density at radius 1 is 1.07 bits per heavy atom. The highest BCUT2D eigenvalue weighted by Gasteiger charge is 2.35. The number of carboxylic acid groups (broad SMARTS) is 1. The molecule has 1 fully saturated rings. The highest BCUT2D eigenvalue weighted by molar-refractivity contribution is 7.89. The van der Waals surface area contributed by atoms with Crippen LogP contribution in [0.5, 0.6) is 5.75 Å². The van der Waals surface area contributed by atoms with Crippen LogP contribution in [0.4, 0.5) is 0 Å². The Balaban J connectivity index is 1.77. The first kappa shape index (κ1) is 22.3. The number of benzene rings is 2. The Bertz CT molecular complexity index is 958. The maximum Gasteiger partial charge on any atom is 0.322 e. The normalized spacial score (nSPS) is 20.5. The van der Waals surface area contributed by atoms with Crippen LogP contribution < -0.4 is 14.8 Å². The summed E-state index contributed by atoms with van der Waals surface area (Å²) in [4.78, 5) is 11.9. The summed E-state index contributed by atoms with van der Waals surface area (Å²) in [6.07, 6.45) is 3.16. The van der Waals surface area contributed by atoms with E-state index in [0.29, 0.717) is 12.8 Å². The van der Waals surface area contributed by atoms with Gasteiger partial charge in [-0.05, 0) is 67.6 Å². The Kier molecular flexibility index (Phi) is 7.12. The SMILES string of the molecule is CNC1CCCC(C(NS(=O)(=O)c2ccc(-c3ccc(OC)cc3)cc2)C(=O)O)C1. The minimum atomic E-state index is -3.96. The molecule has 3 unspecified atom stereocenters. The van der Waals surface area contributed by atoms with Gasteiger partial charge in [-0.25, -0.2) is 8.42 Å². The molecule has 1 aliphatic rings. The van der Waals surface area contributed by atoms with Gasteiger partial charge in [0.15, 0.2) is 0 Å². The van der Waals surface area contributed by atoms with Gasteiger partial charge in [0, 0.05) is 6.04 Å². The molecular formula is C22H28N2O5S. The van der Waals surface area contributed by atoms with Crippen molar-refractivity contribution in [3.63, 3.8) is 0 Å². The third kappa shape index (κ3) is 5.19. The number of nitrogens with one attached hydrogen (secondary N) is 2. The Hall–Kier alpha value is -2.42. The lowest BCUT2D eigenvalue weighted by molar-refractivity contribution is -0.140. The first-order valence-electron chi connectivity index (χ1n) is 10.0. The second-order valence-corrected chi connectivity index (χ2v) is 9.32. The van der Waals surface area contributed by atoms with Gasteiger partial charge in [-0.15, -0.1) is 0 Å². The predicted octanol–water partition coefficient (Wildman–Crippen LogP) is 2.87. The van der Waals surface area contributed by atoms with Gasteiger partial charge in [-0.3, -0.25) is 4.79 Å². The molecule has 1 saturated carbocycles. The maximum absolute atomic E-state index is 12.9. The van der Waals surface area contributed by atoms with E-state index in [9.17, 15) is 18.3 Å². The van der Waals surface area contributed by atoms with Crippen molar-refractivity contribution in [2.45, 2.75) is 42.7 Å². The summed E-state index contributed by atoms with van der Waals surface area (Å²) in [6, 6.07) is 12.9. The summed E-state index contributed by atoms with van der Waals surface area (Å²) in [5, 5.41) is 12.8. The molecule has 0 amide bonds. The average Bonchev–Trinajstić information content (AvgIpc) is 2.77. The van der Waals surface area contributed by atoms with E-state index in [-0.39, 0.29) is 16.9 Å². The maximum atomic E-state index is 12.9. The van der Waals surface area contributed by atoms with E-state index in [4.69, 9.17) is 4.74 Å². The van der Waals surface area contributed by atoms with Crippen LogP contribution in [-0.2, 0) is 14.8 Å². The van der Waals surface area contributed by atoms with Crippen molar-refractivity contribution >= 4 is 16.0 Å². The molecule has 0 aromatic heterocycles. The Morgan fingerprint density at radius 2 is 1.67 bits per heavy atom. The number of hydrogen-bond donors (Lipinski definition) is 3. The fourth-order valence-corrected chi connectivity index (χ4v) is 5.24. The van der Waals surface area contributed by atoms with E-state index in [1.807, 2.05) is 31.3 Å². The Morgan fingerprint density at radius 3 is 2.20 bits per heavy atom. The smallest absolute Gasteiger partial charge is 0.322 e. The average molecular weight is 433 g/mol. The molecule has 162 valence electrons. The largest absolute Gasteiger partial charge is 0.497 e. The zero-order chi connectivity index (χ0) is 21.7. The van der Waals surface area contributed by atoms with Gasteiger partial charge in [0.2, 0.25) is 10.0 Å². The Labute approximate surface area is 177 Å². The van der Waals surface area contributed by atoms with Crippen LogP contribution in [-0.4, -0.2) is 45.7 Å². The van der Waals surface area contributed by atoms with Crippen molar-refractivity contribution in [1.82, 2.24) is 10.0 Å². The summed E-state index contributed by atoms with van der Waals surface area (Å²) in [5.41, 5.74) is 1.78. The minimum absolute atomic E-state index is 0.0481. The van der Waals surface area contributed by atoms with Crippen LogP contribution in [0.2, 0.25) is 0 Å². The molecule has 0 radical (unpaired) electrons. The van der Waals surface area contributed by atoms with Gasteiger partial charge in [0.05, 0.1) is 12.0 Å². The molecule has 2 aromatic carbocycles. The van der Waals surface area contributed by atoms with Crippen LogP contribution >= 0.6 is 0 Å². The van der Waals surface area contributed by atoms with Gasteiger partial charge in [0.1, 0.15) is 11.8 Å². The van der Waals surface area contributed by atoms with Gasteiger partial charge >= 0.3 is 5.97 Å².